The van der Waals surface area contributed by atoms with E-state index in [-0.39, 0.29) is 11.2 Å². The average molecular weight is 474 g/mol. The van der Waals surface area contributed by atoms with Gasteiger partial charge in [-0.3, -0.25) is 19.1 Å². The van der Waals surface area contributed by atoms with Gasteiger partial charge in [-0.2, -0.15) is 0 Å². The van der Waals surface area contributed by atoms with Crippen LogP contribution in [0.15, 0.2) is 90.0 Å². The zero-order chi connectivity index (χ0) is 25.0. The third-order valence-electron chi connectivity index (χ3n) is 7.28. The molecule has 0 aliphatic carbocycles. The molecule has 0 aliphatic rings. The number of hydrogen-bond acceptors (Lipinski definition) is 4. The highest BCUT2D eigenvalue weighted by atomic mass is 16.1. The number of aromatic nitrogens is 4. The van der Waals surface area contributed by atoms with Gasteiger partial charge in [0, 0.05) is 35.1 Å². The first-order valence-electron chi connectivity index (χ1n) is 12.0. The monoisotopic (exact) mass is 473 g/mol. The van der Waals surface area contributed by atoms with Gasteiger partial charge in [0.1, 0.15) is 0 Å². The van der Waals surface area contributed by atoms with E-state index in [1.54, 1.807) is 22.4 Å². The smallest absolute Gasteiger partial charge is 0.311 e. The molecule has 0 amide bonds. The summed E-state index contributed by atoms with van der Waals surface area (Å²) >= 11 is 0. The van der Waals surface area contributed by atoms with Gasteiger partial charge < -0.3 is 5.32 Å². The molecule has 0 saturated carbocycles. The highest BCUT2D eigenvalue weighted by Crippen LogP contribution is 2.31. The van der Waals surface area contributed by atoms with Gasteiger partial charge >= 0.3 is 5.69 Å². The summed E-state index contributed by atoms with van der Waals surface area (Å²) in [6.07, 6.45) is 3.68. The molecule has 3 aromatic carbocycles. The van der Waals surface area contributed by atoms with Crippen LogP contribution in [0, 0.1) is 0 Å². The number of nitrogens with zero attached hydrogens (tertiary/aromatic N) is 4. The summed E-state index contributed by atoms with van der Waals surface area (Å²) < 4.78 is 3.45. The van der Waals surface area contributed by atoms with Crippen molar-refractivity contribution in [2.75, 3.05) is 7.05 Å². The number of para-hydroxylation sites is 1. The second kappa shape index (κ2) is 8.14. The van der Waals surface area contributed by atoms with Gasteiger partial charge in [0.2, 0.25) is 0 Å². The molecule has 36 heavy (non-hydrogen) atoms. The lowest BCUT2D eigenvalue weighted by Gasteiger charge is -2.24. The number of benzene rings is 3. The molecule has 6 heteroatoms. The van der Waals surface area contributed by atoms with Crippen LogP contribution >= 0.6 is 0 Å². The van der Waals surface area contributed by atoms with Crippen molar-refractivity contribution < 1.29 is 0 Å². The van der Waals surface area contributed by atoms with Gasteiger partial charge in [0.15, 0.2) is 0 Å². The summed E-state index contributed by atoms with van der Waals surface area (Å²) in [6.45, 7) is 4.27. The first-order valence-corrected chi connectivity index (χ1v) is 12.0. The molecule has 0 spiro atoms. The van der Waals surface area contributed by atoms with E-state index in [2.05, 4.69) is 65.5 Å². The maximum atomic E-state index is 13.4. The fourth-order valence-corrected chi connectivity index (χ4v) is 4.82. The molecule has 0 radical (unpaired) electrons. The number of hydrogen-bond donors (Lipinski definition) is 1. The molecule has 1 N–H and O–H groups in total. The van der Waals surface area contributed by atoms with Crippen LogP contribution in [-0.4, -0.2) is 26.1 Å². The van der Waals surface area contributed by atoms with Crippen LogP contribution in [0.5, 0.6) is 0 Å². The van der Waals surface area contributed by atoms with Crippen molar-refractivity contribution in [1.29, 1.82) is 0 Å². The van der Waals surface area contributed by atoms with Crippen molar-refractivity contribution in [3.05, 3.63) is 101 Å². The largest absolute Gasteiger partial charge is 0.333 e. The normalized spacial score (nSPS) is 12.1. The summed E-state index contributed by atoms with van der Waals surface area (Å²) in [7, 11) is 3.75. The Morgan fingerprint density at radius 1 is 0.833 bits per heavy atom. The third kappa shape index (κ3) is 3.41. The van der Waals surface area contributed by atoms with Crippen LogP contribution < -0.4 is 11.0 Å². The zero-order valence-corrected chi connectivity index (χ0v) is 20.8. The molecular weight excluding hydrogens is 446 g/mol. The van der Waals surface area contributed by atoms with E-state index in [0.717, 1.165) is 55.2 Å². The molecule has 6 rings (SSSR count). The number of fused-ring (bicyclic) bond motifs is 4. The number of pyridine rings is 2. The predicted octanol–water partition coefficient (Wildman–Crippen LogP) is 5.55. The summed E-state index contributed by atoms with van der Waals surface area (Å²) in [5.41, 5.74) is 7.22. The molecule has 0 aliphatic heterocycles. The lowest BCUT2D eigenvalue weighted by molar-refractivity contribution is 0.444. The second-order valence-corrected chi connectivity index (χ2v) is 9.74. The van der Waals surface area contributed by atoms with Crippen molar-refractivity contribution >= 4 is 32.8 Å². The minimum Gasteiger partial charge on any atom is -0.311 e. The summed E-state index contributed by atoms with van der Waals surface area (Å²) in [5, 5.41) is 5.35. The van der Waals surface area contributed by atoms with Crippen molar-refractivity contribution in [1.82, 2.24) is 24.4 Å². The van der Waals surface area contributed by atoms with E-state index in [1.807, 2.05) is 49.6 Å². The molecule has 6 aromatic rings. The highest BCUT2D eigenvalue weighted by molar-refractivity contribution is 6.04. The van der Waals surface area contributed by atoms with E-state index >= 15 is 0 Å². The molecule has 0 bridgehead atoms. The molecule has 0 atom stereocenters. The first-order chi connectivity index (χ1) is 17.4. The van der Waals surface area contributed by atoms with Crippen LogP contribution in [0.1, 0.15) is 19.4 Å². The van der Waals surface area contributed by atoms with Crippen molar-refractivity contribution in [2.45, 2.75) is 19.4 Å². The zero-order valence-electron chi connectivity index (χ0n) is 20.8. The Kier molecular flexibility index (Phi) is 5.02. The SMILES string of the molecule is CNC(C)(C)c1ccc(-n2c(=O)n(C)c3cnc4ccc(-c5cnc6ccccc6c5)cc4c32)cc1. The van der Waals surface area contributed by atoms with Crippen LogP contribution in [0.4, 0.5) is 0 Å². The minimum absolute atomic E-state index is 0.0994. The van der Waals surface area contributed by atoms with Gasteiger partial charge in [-0.1, -0.05) is 36.4 Å². The van der Waals surface area contributed by atoms with E-state index in [0.29, 0.717) is 0 Å². The Bertz CT molecular complexity index is 1830. The molecule has 0 unspecified atom stereocenters. The van der Waals surface area contributed by atoms with Gasteiger partial charge in [-0.05, 0) is 68.4 Å². The minimum atomic E-state index is -0.165. The van der Waals surface area contributed by atoms with Gasteiger partial charge in [0.05, 0.1) is 34.0 Å². The van der Waals surface area contributed by atoms with Crippen molar-refractivity contribution in [3.63, 3.8) is 0 Å². The molecule has 0 saturated heterocycles. The Morgan fingerprint density at radius 3 is 2.36 bits per heavy atom. The second-order valence-electron chi connectivity index (χ2n) is 9.74. The number of aryl methyl sites for hydroxylation is 1. The Morgan fingerprint density at radius 2 is 1.58 bits per heavy atom. The lowest BCUT2D eigenvalue weighted by Crippen LogP contribution is -2.33. The predicted molar refractivity (Wildman–Crippen MR) is 147 cm³/mol. The van der Waals surface area contributed by atoms with E-state index in [1.165, 1.54) is 0 Å². The topological polar surface area (TPSA) is 64.7 Å². The van der Waals surface area contributed by atoms with Gasteiger partial charge in [-0.15, -0.1) is 0 Å². The lowest BCUT2D eigenvalue weighted by atomic mass is 9.94. The fourth-order valence-electron chi connectivity index (χ4n) is 4.82. The van der Waals surface area contributed by atoms with Gasteiger partial charge in [0.25, 0.3) is 0 Å². The molecule has 6 nitrogen and oxygen atoms in total. The number of nitrogens with one attached hydrogen (secondary N) is 1. The average Bonchev–Trinajstić information content (AvgIpc) is 3.18. The number of rotatable bonds is 4. The van der Waals surface area contributed by atoms with Crippen LogP contribution in [0.2, 0.25) is 0 Å². The standard InChI is InChI=1S/C30H27N5O/c1-30(2,31-3)22-10-12-23(13-11-22)35-28-24-16-19(21-15-20-7-5-6-8-25(20)32-17-21)9-14-26(24)33-18-27(28)34(4)29(35)36/h5-18,31H,1-4H3. The van der Waals surface area contributed by atoms with Crippen molar-refractivity contribution in [2.24, 2.45) is 7.05 Å². The highest BCUT2D eigenvalue weighted by Gasteiger charge is 2.20. The Hall–Kier alpha value is -4.29. The molecule has 3 heterocycles. The van der Waals surface area contributed by atoms with Crippen LogP contribution in [0.3, 0.4) is 0 Å². The quantitative estimate of drug-likeness (QED) is 0.365. The molecule has 178 valence electrons. The van der Waals surface area contributed by atoms with Crippen LogP contribution in [-0.2, 0) is 12.6 Å². The summed E-state index contributed by atoms with van der Waals surface area (Å²) in [4.78, 5) is 22.7. The number of imidazole rings is 1. The molecule has 0 fully saturated rings. The van der Waals surface area contributed by atoms with Crippen LogP contribution in [0.25, 0.3) is 49.7 Å². The van der Waals surface area contributed by atoms with E-state index < -0.39 is 0 Å². The Balaban J connectivity index is 1.58. The summed E-state index contributed by atoms with van der Waals surface area (Å²) in [6, 6.07) is 24.6. The summed E-state index contributed by atoms with van der Waals surface area (Å²) in [5.74, 6) is 0. The maximum absolute atomic E-state index is 13.4. The van der Waals surface area contributed by atoms with Gasteiger partial charge in [-0.25, -0.2) is 4.79 Å². The molecule has 3 aromatic heterocycles. The van der Waals surface area contributed by atoms with E-state index in [9.17, 15) is 4.79 Å². The maximum Gasteiger partial charge on any atom is 0.333 e. The van der Waals surface area contributed by atoms with Crippen molar-refractivity contribution in [3.8, 4) is 16.8 Å². The molecular formula is C30H27N5O. The third-order valence-corrected chi connectivity index (χ3v) is 7.28. The fraction of sp³-hybridized carbons (Fsp3) is 0.167. The first kappa shape index (κ1) is 22.2. The Labute approximate surface area is 208 Å². The van der Waals surface area contributed by atoms with E-state index in [4.69, 9.17) is 0 Å².